The van der Waals surface area contributed by atoms with E-state index in [9.17, 15) is 0 Å². The number of hydrogen-bond acceptors (Lipinski definition) is 7. The Bertz CT molecular complexity index is 632. The summed E-state index contributed by atoms with van der Waals surface area (Å²) >= 11 is 0. The zero-order chi connectivity index (χ0) is 11.7. The first-order valence-corrected chi connectivity index (χ1v) is 4.84. The Hall–Kier alpha value is -2.57. The summed E-state index contributed by atoms with van der Waals surface area (Å²) in [4.78, 5) is 11.8. The molecule has 84 valence electrons. The molecule has 7 heteroatoms. The Morgan fingerprint density at radius 1 is 1.06 bits per heavy atom. The number of oxazole rings is 1. The molecular formula is C10H7N5O2. The maximum absolute atomic E-state index is 5.46. The molecule has 0 aromatic carbocycles. The molecule has 0 unspecified atom stereocenters. The van der Waals surface area contributed by atoms with Gasteiger partial charge >= 0.3 is 0 Å². The smallest absolute Gasteiger partial charge is 0.285 e. The topological polar surface area (TPSA) is 90.7 Å². The maximum Gasteiger partial charge on any atom is 0.285 e. The number of aromatic nitrogens is 5. The van der Waals surface area contributed by atoms with Crippen molar-refractivity contribution >= 4 is 0 Å². The summed E-state index contributed by atoms with van der Waals surface area (Å²) in [5.41, 5.74) is 1.47. The number of aryl methyl sites for hydroxylation is 1. The molecule has 0 N–H and O–H groups in total. The molecule has 3 aromatic heterocycles. The molecule has 0 bridgehead atoms. The van der Waals surface area contributed by atoms with Crippen molar-refractivity contribution in [1.29, 1.82) is 0 Å². The van der Waals surface area contributed by atoms with E-state index < -0.39 is 0 Å². The van der Waals surface area contributed by atoms with Crippen molar-refractivity contribution in [2.24, 2.45) is 0 Å². The van der Waals surface area contributed by atoms with E-state index in [1.807, 2.05) is 6.92 Å². The lowest BCUT2D eigenvalue weighted by atomic mass is 10.2. The molecule has 17 heavy (non-hydrogen) atoms. The van der Waals surface area contributed by atoms with E-state index in [-0.39, 0.29) is 5.89 Å². The fourth-order valence-electron chi connectivity index (χ4n) is 1.35. The minimum absolute atomic E-state index is 0.278. The monoisotopic (exact) mass is 229 g/mol. The van der Waals surface area contributed by atoms with Gasteiger partial charge in [0, 0.05) is 6.20 Å². The summed E-state index contributed by atoms with van der Waals surface area (Å²) in [7, 11) is 0. The van der Waals surface area contributed by atoms with Gasteiger partial charge in [-0.2, -0.15) is 0 Å². The molecular weight excluding hydrogens is 222 g/mol. The van der Waals surface area contributed by atoms with Crippen LogP contribution < -0.4 is 0 Å². The van der Waals surface area contributed by atoms with Crippen LogP contribution in [0, 0.1) is 6.92 Å². The number of rotatable bonds is 2. The zero-order valence-corrected chi connectivity index (χ0v) is 8.86. The first-order chi connectivity index (χ1) is 8.34. The summed E-state index contributed by atoms with van der Waals surface area (Å²) < 4.78 is 10.5. The van der Waals surface area contributed by atoms with Crippen LogP contribution in [0.3, 0.4) is 0 Å². The fraction of sp³-hybridized carbons (Fsp3) is 0.100. The summed E-state index contributed by atoms with van der Waals surface area (Å²) in [6.07, 6.45) is 5.90. The maximum atomic E-state index is 5.46. The van der Waals surface area contributed by atoms with Gasteiger partial charge in [0.2, 0.25) is 5.76 Å². The van der Waals surface area contributed by atoms with Gasteiger partial charge in [0.25, 0.3) is 11.8 Å². The highest BCUT2D eigenvalue weighted by Crippen LogP contribution is 2.23. The first-order valence-electron chi connectivity index (χ1n) is 4.84. The molecule has 3 heterocycles. The van der Waals surface area contributed by atoms with Gasteiger partial charge in [0.15, 0.2) is 6.39 Å². The van der Waals surface area contributed by atoms with E-state index in [0.29, 0.717) is 17.2 Å². The molecule has 0 atom stereocenters. The Morgan fingerprint density at radius 3 is 2.71 bits per heavy atom. The average molecular weight is 229 g/mol. The Labute approximate surface area is 95.6 Å². The lowest BCUT2D eigenvalue weighted by molar-refractivity contribution is 0.519. The molecule has 0 aliphatic heterocycles. The SMILES string of the molecule is Cc1ncncc1-c1nnc(-c2cnco2)o1. The second kappa shape index (κ2) is 3.78. The van der Waals surface area contributed by atoms with E-state index in [0.717, 1.165) is 5.69 Å². The highest BCUT2D eigenvalue weighted by Gasteiger charge is 2.14. The van der Waals surface area contributed by atoms with Crippen molar-refractivity contribution in [2.45, 2.75) is 6.92 Å². The van der Waals surface area contributed by atoms with Crippen molar-refractivity contribution in [2.75, 3.05) is 0 Å². The molecule has 0 saturated carbocycles. The molecule has 0 spiro atoms. The highest BCUT2D eigenvalue weighted by molar-refractivity contribution is 5.55. The van der Waals surface area contributed by atoms with Crippen LogP contribution in [0.2, 0.25) is 0 Å². The third-order valence-corrected chi connectivity index (χ3v) is 2.21. The van der Waals surface area contributed by atoms with Crippen molar-refractivity contribution in [3.8, 4) is 23.1 Å². The van der Waals surface area contributed by atoms with E-state index in [2.05, 4.69) is 25.1 Å². The van der Waals surface area contributed by atoms with Crippen molar-refractivity contribution in [1.82, 2.24) is 25.1 Å². The Kier molecular flexibility index (Phi) is 2.14. The summed E-state index contributed by atoms with van der Waals surface area (Å²) in [5.74, 6) is 1.06. The van der Waals surface area contributed by atoms with Gasteiger partial charge in [-0.05, 0) is 6.92 Å². The highest BCUT2D eigenvalue weighted by atomic mass is 16.4. The van der Waals surface area contributed by atoms with Crippen LogP contribution in [-0.4, -0.2) is 25.1 Å². The summed E-state index contributed by atoms with van der Waals surface area (Å²) in [5, 5.41) is 7.79. The first kappa shape index (κ1) is 9.64. The van der Waals surface area contributed by atoms with Crippen LogP contribution >= 0.6 is 0 Å². The van der Waals surface area contributed by atoms with Gasteiger partial charge in [0.05, 0.1) is 17.5 Å². The molecule has 0 radical (unpaired) electrons. The van der Waals surface area contributed by atoms with E-state index in [1.54, 1.807) is 6.20 Å². The van der Waals surface area contributed by atoms with Gasteiger partial charge < -0.3 is 8.83 Å². The molecule has 3 aromatic rings. The zero-order valence-electron chi connectivity index (χ0n) is 8.86. The second-order valence-corrected chi connectivity index (χ2v) is 3.30. The lowest BCUT2D eigenvalue weighted by Gasteiger charge is -1.96. The average Bonchev–Trinajstić information content (AvgIpc) is 3.00. The van der Waals surface area contributed by atoms with Gasteiger partial charge in [-0.15, -0.1) is 10.2 Å². The second-order valence-electron chi connectivity index (χ2n) is 3.30. The summed E-state index contributed by atoms with van der Waals surface area (Å²) in [6.45, 7) is 1.84. The van der Waals surface area contributed by atoms with Gasteiger partial charge in [-0.25, -0.2) is 15.0 Å². The third kappa shape index (κ3) is 1.67. The van der Waals surface area contributed by atoms with Crippen LogP contribution in [0.15, 0.2) is 33.9 Å². The Morgan fingerprint density at radius 2 is 1.94 bits per heavy atom. The van der Waals surface area contributed by atoms with Crippen molar-refractivity contribution in [3.05, 3.63) is 30.8 Å². The molecule has 0 aliphatic rings. The van der Waals surface area contributed by atoms with E-state index in [4.69, 9.17) is 8.83 Å². The third-order valence-electron chi connectivity index (χ3n) is 2.21. The predicted octanol–water partition coefficient (Wildman–Crippen LogP) is 1.49. The van der Waals surface area contributed by atoms with Crippen LogP contribution in [0.4, 0.5) is 0 Å². The quantitative estimate of drug-likeness (QED) is 0.657. The number of hydrogen-bond donors (Lipinski definition) is 0. The molecule has 7 nitrogen and oxygen atoms in total. The van der Waals surface area contributed by atoms with Gasteiger partial charge in [-0.3, -0.25) is 0 Å². The fourth-order valence-corrected chi connectivity index (χ4v) is 1.35. The van der Waals surface area contributed by atoms with Crippen LogP contribution in [-0.2, 0) is 0 Å². The van der Waals surface area contributed by atoms with E-state index >= 15 is 0 Å². The molecule has 0 amide bonds. The largest absolute Gasteiger partial charge is 0.438 e. The lowest BCUT2D eigenvalue weighted by Crippen LogP contribution is -1.88. The minimum Gasteiger partial charge on any atom is -0.438 e. The van der Waals surface area contributed by atoms with Gasteiger partial charge in [0.1, 0.15) is 6.33 Å². The number of nitrogens with zero attached hydrogens (tertiary/aromatic N) is 5. The summed E-state index contributed by atoms with van der Waals surface area (Å²) in [6, 6.07) is 0. The molecule has 3 rings (SSSR count). The van der Waals surface area contributed by atoms with Crippen LogP contribution in [0.5, 0.6) is 0 Å². The van der Waals surface area contributed by atoms with Gasteiger partial charge in [-0.1, -0.05) is 0 Å². The molecule has 0 aliphatic carbocycles. The predicted molar refractivity (Wildman–Crippen MR) is 55.6 cm³/mol. The van der Waals surface area contributed by atoms with Crippen molar-refractivity contribution < 1.29 is 8.83 Å². The van der Waals surface area contributed by atoms with Crippen LogP contribution in [0.25, 0.3) is 23.1 Å². The Balaban J connectivity index is 2.04. The minimum atomic E-state index is 0.278. The van der Waals surface area contributed by atoms with Crippen molar-refractivity contribution in [3.63, 3.8) is 0 Å². The standard InChI is InChI=1S/C10H7N5O2/c1-6-7(2-11-4-13-6)9-14-15-10(17-9)8-3-12-5-16-8/h2-5H,1H3. The van der Waals surface area contributed by atoms with Crippen LogP contribution in [0.1, 0.15) is 5.69 Å². The van der Waals surface area contributed by atoms with E-state index in [1.165, 1.54) is 18.9 Å². The molecule has 0 fully saturated rings. The molecule has 0 saturated heterocycles. The normalized spacial score (nSPS) is 10.6.